The van der Waals surface area contributed by atoms with Gasteiger partial charge >= 0.3 is 6.18 Å². The largest absolute Gasteiger partial charge is 0.435 e. The summed E-state index contributed by atoms with van der Waals surface area (Å²) < 4.78 is 41.6. The summed E-state index contributed by atoms with van der Waals surface area (Å²) in [5.74, 6) is 0. The van der Waals surface area contributed by atoms with Crippen molar-refractivity contribution in [1.29, 1.82) is 0 Å². The van der Waals surface area contributed by atoms with Gasteiger partial charge in [0.2, 0.25) is 0 Å². The first kappa shape index (κ1) is 19.1. The molecule has 1 heterocycles. The third kappa shape index (κ3) is 3.36. The molecule has 0 radical (unpaired) electrons. The summed E-state index contributed by atoms with van der Waals surface area (Å²) in [4.78, 5) is 10.9. The molecule has 4 aromatic carbocycles. The van der Waals surface area contributed by atoms with Crippen LogP contribution in [-0.4, -0.2) is 16.1 Å². The number of hydrogen-bond donors (Lipinski definition) is 0. The summed E-state index contributed by atoms with van der Waals surface area (Å²) in [5.41, 5.74) is 0.841. The van der Waals surface area contributed by atoms with Crippen molar-refractivity contribution in [1.82, 2.24) is 9.78 Å². The lowest BCUT2D eigenvalue weighted by Crippen LogP contribution is -2.07. The number of fused-ring (bicyclic) bond motifs is 3. The second-order valence-electron chi connectivity index (χ2n) is 7.26. The van der Waals surface area contributed by atoms with E-state index in [1.807, 2.05) is 54.6 Å². The average Bonchev–Trinajstić information content (AvgIpc) is 3.25. The molecule has 31 heavy (non-hydrogen) atoms. The molecule has 0 amide bonds. The quantitative estimate of drug-likeness (QED) is 0.243. The van der Waals surface area contributed by atoms with Gasteiger partial charge in [0.15, 0.2) is 5.69 Å². The highest BCUT2D eigenvalue weighted by molar-refractivity contribution is 6.08. The predicted molar refractivity (Wildman–Crippen MR) is 114 cm³/mol. The van der Waals surface area contributed by atoms with Crippen LogP contribution in [0, 0.1) is 0 Å². The predicted octanol–water partition coefficient (Wildman–Crippen LogP) is 6.68. The maximum atomic E-state index is 13.4. The van der Waals surface area contributed by atoms with Crippen LogP contribution in [0.3, 0.4) is 0 Å². The molecule has 0 unspecified atom stereocenters. The van der Waals surface area contributed by atoms with E-state index >= 15 is 0 Å². The molecule has 0 N–H and O–H groups in total. The lowest BCUT2D eigenvalue weighted by molar-refractivity contribution is -0.141. The first-order valence-corrected chi connectivity index (χ1v) is 9.59. The Hall–Kier alpha value is -3.93. The fourth-order valence-corrected chi connectivity index (χ4v) is 3.79. The zero-order valence-corrected chi connectivity index (χ0v) is 16.1. The lowest BCUT2D eigenvalue weighted by atomic mass is 9.99. The van der Waals surface area contributed by atoms with E-state index < -0.39 is 11.9 Å². The summed E-state index contributed by atoms with van der Waals surface area (Å²) in [6.45, 7) is 0. The van der Waals surface area contributed by atoms with Gasteiger partial charge in [-0.1, -0.05) is 48.5 Å². The fourth-order valence-electron chi connectivity index (χ4n) is 3.79. The van der Waals surface area contributed by atoms with Crippen LogP contribution in [0.25, 0.3) is 38.5 Å². The van der Waals surface area contributed by atoms with Gasteiger partial charge in [-0.25, -0.2) is 4.68 Å². The summed E-state index contributed by atoms with van der Waals surface area (Å²) >= 11 is 0. The maximum absolute atomic E-state index is 13.4. The Bertz CT molecular complexity index is 1430. The summed E-state index contributed by atoms with van der Waals surface area (Å²) in [6.07, 6.45) is -3.89. The van der Waals surface area contributed by atoms with E-state index in [0.29, 0.717) is 28.8 Å². The molecule has 0 aliphatic heterocycles. The van der Waals surface area contributed by atoms with Crippen LogP contribution >= 0.6 is 0 Å². The second kappa shape index (κ2) is 7.09. The summed E-state index contributed by atoms with van der Waals surface area (Å²) in [5, 5.41) is 7.95. The molecule has 0 atom stereocenters. The zero-order chi connectivity index (χ0) is 21.6. The van der Waals surface area contributed by atoms with Gasteiger partial charge in [-0.15, -0.1) is 0 Å². The van der Waals surface area contributed by atoms with Crippen molar-refractivity contribution in [2.45, 2.75) is 6.18 Å². The van der Waals surface area contributed by atoms with Gasteiger partial charge in [-0.2, -0.15) is 18.3 Å². The van der Waals surface area contributed by atoms with Gasteiger partial charge in [0.1, 0.15) is 6.29 Å². The van der Waals surface area contributed by atoms with Crippen LogP contribution in [0.4, 0.5) is 13.2 Å². The normalized spacial score (nSPS) is 11.8. The minimum atomic E-state index is -4.57. The van der Waals surface area contributed by atoms with Crippen molar-refractivity contribution in [3.8, 4) is 16.9 Å². The lowest BCUT2D eigenvalue weighted by Gasteiger charge is -2.10. The number of carbonyl (C=O) groups excluding carboxylic acids is 1. The monoisotopic (exact) mass is 416 g/mol. The SMILES string of the molecule is O=Cc1ccc(-n2nc(C(F)(F)F)cc2-c2ccc3c(ccc4ccccc43)c2)cc1. The molecule has 0 aliphatic rings. The van der Waals surface area contributed by atoms with E-state index in [-0.39, 0.29) is 0 Å². The molecule has 0 saturated carbocycles. The topological polar surface area (TPSA) is 34.9 Å². The average molecular weight is 416 g/mol. The minimum Gasteiger partial charge on any atom is -0.298 e. The molecule has 0 bridgehead atoms. The number of halogens is 3. The van der Waals surface area contributed by atoms with Crippen LogP contribution < -0.4 is 0 Å². The molecule has 152 valence electrons. The molecular formula is C25H15F3N2O. The van der Waals surface area contributed by atoms with E-state index in [9.17, 15) is 18.0 Å². The van der Waals surface area contributed by atoms with Crippen LogP contribution in [0.2, 0.25) is 0 Å². The van der Waals surface area contributed by atoms with Gasteiger partial charge in [-0.05, 0) is 57.9 Å². The van der Waals surface area contributed by atoms with Gasteiger partial charge < -0.3 is 0 Å². The number of nitrogens with zero attached hydrogens (tertiary/aromatic N) is 2. The van der Waals surface area contributed by atoms with Crippen molar-refractivity contribution < 1.29 is 18.0 Å². The Morgan fingerprint density at radius 2 is 1.48 bits per heavy atom. The number of aldehydes is 1. The Kier molecular flexibility index (Phi) is 4.36. The van der Waals surface area contributed by atoms with Crippen LogP contribution in [0.1, 0.15) is 16.1 Å². The van der Waals surface area contributed by atoms with Crippen molar-refractivity contribution in [3.05, 3.63) is 96.2 Å². The second-order valence-corrected chi connectivity index (χ2v) is 7.26. The Labute approximate surface area is 175 Å². The number of rotatable bonds is 3. The number of benzene rings is 4. The smallest absolute Gasteiger partial charge is 0.298 e. The van der Waals surface area contributed by atoms with Crippen molar-refractivity contribution >= 4 is 27.8 Å². The summed E-state index contributed by atoms with van der Waals surface area (Å²) in [6, 6.07) is 24.8. The number of alkyl halides is 3. The molecule has 0 fully saturated rings. The number of aromatic nitrogens is 2. The van der Waals surface area contributed by atoms with E-state index in [1.165, 1.54) is 4.68 Å². The third-order valence-corrected chi connectivity index (χ3v) is 5.31. The van der Waals surface area contributed by atoms with Crippen LogP contribution in [0.5, 0.6) is 0 Å². The van der Waals surface area contributed by atoms with Crippen LogP contribution in [0.15, 0.2) is 84.9 Å². The summed E-state index contributed by atoms with van der Waals surface area (Å²) in [7, 11) is 0. The van der Waals surface area contributed by atoms with Gasteiger partial charge in [0, 0.05) is 11.1 Å². The Morgan fingerprint density at radius 1 is 0.774 bits per heavy atom. The molecule has 6 heteroatoms. The highest BCUT2D eigenvalue weighted by Gasteiger charge is 2.35. The van der Waals surface area contributed by atoms with E-state index in [1.54, 1.807) is 24.3 Å². The van der Waals surface area contributed by atoms with E-state index in [4.69, 9.17) is 0 Å². The first-order chi connectivity index (χ1) is 14.9. The first-order valence-electron chi connectivity index (χ1n) is 9.59. The van der Waals surface area contributed by atoms with Crippen molar-refractivity contribution in [3.63, 3.8) is 0 Å². The molecule has 5 rings (SSSR count). The highest BCUT2D eigenvalue weighted by atomic mass is 19.4. The molecule has 3 nitrogen and oxygen atoms in total. The molecule has 1 aromatic heterocycles. The van der Waals surface area contributed by atoms with E-state index in [2.05, 4.69) is 5.10 Å². The molecule has 0 spiro atoms. The number of carbonyl (C=O) groups is 1. The highest BCUT2D eigenvalue weighted by Crippen LogP contribution is 2.35. The minimum absolute atomic E-state index is 0.321. The maximum Gasteiger partial charge on any atom is 0.435 e. The third-order valence-electron chi connectivity index (χ3n) is 5.31. The molecule has 0 saturated heterocycles. The van der Waals surface area contributed by atoms with Crippen LogP contribution in [-0.2, 0) is 6.18 Å². The van der Waals surface area contributed by atoms with Gasteiger partial charge in [-0.3, -0.25) is 4.79 Å². The molecule has 0 aliphatic carbocycles. The van der Waals surface area contributed by atoms with Crippen molar-refractivity contribution in [2.24, 2.45) is 0 Å². The molecule has 5 aromatic rings. The Balaban J connectivity index is 1.71. The number of hydrogen-bond acceptors (Lipinski definition) is 2. The van der Waals surface area contributed by atoms with Gasteiger partial charge in [0.05, 0.1) is 11.4 Å². The van der Waals surface area contributed by atoms with Gasteiger partial charge in [0.25, 0.3) is 0 Å². The Morgan fingerprint density at radius 3 is 2.23 bits per heavy atom. The standard InChI is InChI=1S/C25H15F3N2O/c26-25(27,28)24-14-23(30(29-24)20-10-5-16(15-31)6-11-20)19-9-12-22-18(13-19)8-7-17-3-1-2-4-21(17)22/h1-15H. The fraction of sp³-hybridized carbons (Fsp3) is 0.0400. The van der Waals surface area contributed by atoms with Crippen molar-refractivity contribution in [2.75, 3.05) is 0 Å². The zero-order valence-electron chi connectivity index (χ0n) is 16.1. The molecular weight excluding hydrogens is 401 g/mol. The van der Waals surface area contributed by atoms with E-state index in [0.717, 1.165) is 27.6 Å².